The lowest BCUT2D eigenvalue weighted by molar-refractivity contribution is -0.115. The Morgan fingerprint density at radius 3 is 2.65 bits per heavy atom. The molecule has 0 N–H and O–H groups in total. The Kier molecular flexibility index (Phi) is 5.19. The molecular formula is C20H20N6O4S. The molecule has 0 spiro atoms. The zero-order valence-electron chi connectivity index (χ0n) is 17.4. The average Bonchev–Trinajstić information content (AvgIpc) is 3.38. The molecule has 1 amide bonds. The van der Waals surface area contributed by atoms with Gasteiger partial charge in [-0.3, -0.25) is 23.6 Å². The van der Waals surface area contributed by atoms with Crippen LogP contribution in [0.3, 0.4) is 0 Å². The fraction of sp³-hybridized carbons (Fsp3) is 0.250. The van der Waals surface area contributed by atoms with Crippen molar-refractivity contribution >= 4 is 39.2 Å². The third-order valence-electron chi connectivity index (χ3n) is 4.92. The summed E-state index contributed by atoms with van der Waals surface area (Å²) < 4.78 is 9.42. The van der Waals surface area contributed by atoms with E-state index in [2.05, 4.69) is 9.97 Å². The van der Waals surface area contributed by atoms with Gasteiger partial charge in [-0.25, -0.2) is 14.8 Å². The summed E-state index contributed by atoms with van der Waals surface area (Å²) in [5, 5.41) is 2.30. The molecular weight excluding hydrogens is 420 g/mol. The van der Waals surface area contributed by atoms with E-state index in [0.29, 0.717) is 33.4 Å². The minimum atomic E-state index is -0.437. The Balaban J connectivity index is 1.74. The number of methoxy groups -OCH3 is 1. The minimum Gasteiger partial charge on any atom is -0.495 e. The van der Waals surface area contributed by atoms with E-state index in [0.717, 1.165) is 4.57 Å². The topological polar surface area (TPSA) is 104 Å². The molecule has 160 valence electrons. The minimum absolute atomic E-state index is 0.206. The normalized spacial score (nSPS) is 11.1. The van der Waals surface area contributed by atoms with E-state index in [-0.39, 0.29) is 12.5 Å². The lowest BCUT2D eigenvalue weighted by Gasteiger charge is -2.20. The van der Waals surface area contributed by atoms with E-state index < -0.39 is 11.2 Å². The lowest BCUT2D eigenvalue weighted by atomic mass is 10.2. The van der Waals surface area contributed by atoms with Crippen molar-refractivity contribution in [2.45, 2.75) is 13.5 Å². The Labute approximate surface area is 180 Å². The maximum Gasteiger partial charge on any atom is 0.332 e. The predicted molar refractivity (Wildman–Crippen MR) is 117 cm³/mol. The second kappa shape index (κ2) is 7.84. The van der Waals surface area contributed by atoms with Gasteiger partial charge in [-0.05, 0) is 12.1 Å². The molecule has 0 unspecified atom stereocenters. The van der Waals surface area contributed by atoms with Gasteiger partial charge in [0, 0.05) is 26.4 Å². The summed E-state index contributed by atoms with van der Waals surface area (Å²) >= 11 is 1.31. The molecule has 0 bridgehead atoms. The number of aromatic nitrogens is 5. The van der Waals surface area contributed by atoms with Crippen LogP contribution in [-0.2, 0) is 25.4 Å². The highest BCUT2D eigenvalue weighted by Gasteiger charge is 2.22. The van der Waals surface area contributed by atoms with Crippen molar-refractivity contribution in [3.63, 3.8) is 0 Å². The van der Waals surface area contributed by atoms with Crippen molar-refractivity contribution in [3.05, 3.63) is 62.5 Å². The molecule has 0 saturated carbocycles. The molecule has 31 heavy (non-hydrogen) atoms. The average molecular weight is 440 g/mol. The third-order valence-corrected chi connectivity index (χ3v) is 5.80. The van der Waals surface area contributed by atoms with E-state index in [9.17, 15) is 14.4 Å². The van der Waals surface area contributed by atoms with Crippen LogP contribution < -0.4 is 20.9 Å². The summed E-state index contributed by atoms with van der Waals surface area (Å²) in [7, 11) is 4.54. The highest BCUT2D eigenvalue weighted by Crippen LogP contribution is 2.35. The van der Waals surface area contributed by atoms with E-state index in [1.54, 1.807) is 30.9 Å². The SMILES string of the molecule is COc1ccccc1N(C(C)=O)c1nc(Cn2cnc3c2c(=O)n(C)c(=O)n3C)cs1. The van der Waals surface area contributed by atoms with Gasteiger partial charge < -0.3 is 9.30 Å². The predicted octanol–water partition coefficient (Wildman–Crippen LogP) is 1.63. The Hall–Kier alpha value is -3.73. The molecule has 4 rings (SSSR count). The standard InChI is InChI=1S/C20H20N6O4S/c1-12(27)26(14-7-5-6-8-15(14)30-4)19-22-13(10-31-19)9-25-11-21-17-16(25)18(28)24(3)20(29)23(17)2/h5-8,10-11H,9H2,1-4H3. The molecule has 0 aliphatic rings. The number of hydrogen-bond donors (Lipinski definition) is 0. The first-order valence-electron chi connectivity index (χ1n) is 9.32. The van der Waals surface area contributed by atoms with Gasteiger partial charge in [0.15, 0.2) is 16.3 Å². The molecule has 0 aliphatic carbocycles. The van der Waals surface area contributed by atoms with Gasteiger partial charge in [-0.2, -0.15) is 0 Å². The second-order valence-corrected chi connectivity index (χ2v) is 7.73. The Bertz CT molecular complexity index is 1410. The highest BCUT2D eigenvalue weighted by atomic mass is 32.1. The zero-order chi connectivity index (χ0) is 22.3. The number of aryl methyl sites for hydroxylation is 1. The number of benzene rings is 1. The molecule has 3 heterocycles. The largest absolute Gasteiger partial charge is 0.495 e. The summed E-state index contributed by atoms with van der Waals surface area (Å²) in [6.45, 7) is 1.72. The molecule has 1 aromatic carbocycles. The zero-order valence-corrected chi connectivity index (χ0v) is 18.2. The van der Waals surface area contributed by atoms with Crippen LogP contribution in [0, 0.1) is 0 Å². The quantitative estimate of drug-likeness (QED) is 0.467. The number of anilines is 2. The van der Waals surface area contributed by atoms with Crippen LogP contribution in [0.15, 0.2) is 45.6 Å². The monoisotopic (exact) mass is 440 g/mol. The van der Waals surface area contributed by atoms with Crippen LogP contribution in [0.2, 0.25) is 0 Å². The highest BCUT2D eigenvalue weighted by molar-refractivity contribution is 7.14. The van der Waals surface area contributed by atoms with Crippen LogP contribution in [0.25, 0.3) is 11.2 Å². The third kappa shape index (κ3) is 3.42. The number of thiazole rings is 1. The molecule has 0 aliphatic heterocycles. The molecule has 0 radical (unpaired) electrons. The van der Waals surface area contributed by atoms with Crippen LogP contribution in [0.4, 0.5) is 10.8 Å². The molecule has 0 fully saturated rings. The van der Waals surface area contributed by atoms with E-state index >= 15 is 0 Å². The van der Waals surface area contributed by atoms with Gasteiger partial charge >= 0.3 is 5.69 Å². The maximum atomic E-state index is 12.6. The molecule has 0 atom stereocenters. The summed E-state index contributed by atoms with van der Waals surface area (Å²) in [6, 6.07) is 7.21. The van der Waals surface area contributed by atoms with E-state index in [4.69, 9.17) is 4.74 Å². The Morgan fingerprint density at radius 1 is 1.19 bits per heavy atom. The number of carbonyl (C=O) groups is 1. The van der Waals surface area contributed by atoms with Crippen LogP contribution in [0.1, 0.15) is 12.6 Å². The first-order chi connectivity index (χ1) is 14.8. The summed E-state index contributed by atoms with van der Waals surface area (Å²) in [5.74, 6) is 0.349. The number of carbonyl (C=O) groups excluding carboxylic acids is 1. The second-order valence-electron chi connectivity index (χ2n) is 6.90. The van der Waals surface area contributed by atoms with Gasteiger partial charge in [0.25, 0.3) is 5.56 Å². The smallest absolute Gasteiger partial charge is 0.332 e. The lowest BCUT2D eigenvalue weighted by Crippen LogP contribution is -2.37. The number of ether oxygens (including phenoxy) is 1. The van der Waals surface area contributed by atoms with E-state index in [1.165, 1.54) is 41.1 Å². The van der Waals surface area contributed by atoms with Crippen molar-refractivity contribution in [2.24, 2.45) is 14.1 Å². The van der Waals surface area contributed by atoms with Crippen molar-refractivity contribution < 1.29 is 9.53 Å². The van der Waals surface area contributed by atoms with Gasteiger partial charge in [0.05, 0.1) is 31.4 Å². The number of para-hydroxylation sites is 2. The number of rotatable bonds is 5. The summed E-state index contributed by atoms with van der Waals surface area (Å²) in [6.07, 6.45) is 1.51. The van der Waals surface area contributed by atoms with Gasteiger partial charge in [0.1, 0.15) is 5.75 Å². The van der Waals surface area contributed by atoms with Crippen LogP contribution >= 0.6 is 11.3 Å². The molecule has 10 nitrogen and oxygen atoms in total. The molecule has 4 aromatic rings. The number of amides is 1. The van der Waals surface area contributed by atoms with Crippen molar-refractivity contribution in [1.82, 2.24) is 23.7 Å². The van der Waals surface area contributed by atoms with Crippen LogP contribution in [0.5, 0.6) is 5.75 Å². The first-order valence-corrected chi connectivity index (χ1v) is 10.2. The fourth-order valence-electron chi connectivity index (χ4n) is 3.38. The maximum absolute atomic E-state index is 12.6. The summed E-state index contributed by atoms with van der Waals surface area (Å²) in [5.41, 5.74) is 1.000. The molecule has 3 aromatic heterocycles. The van der Waals surface area contributed by atoms with Crippen molar-refractivity contribution in [3.8, 4) is 5.75 Å². The van der Waals surface area contributed by atoms with Crippen molar-refractivity contribution in [2.75, 3.05) is 12.0 Å². The summed E-state index contributed by atoms with van der Waals surface area (Å²) in [4.78, 5) is 47.5. The Morgan fingerprint density at radius 2 is 1.94 bits per heavy atom. The van der Waals surface area contributed by atoms with Gasteiger partial charge in [-0.1, -0.05) is 12.1 Å². The van der Waals surface area contributed by atoms with Crippen molar-refractivity contribution in [1.29, 1.82) is 0 Å². The van der Waals surface area contributed by atoms with Gasteiger partial charge in [-0.15, -0.1) is 11.3 Å². The van der Waals surface area contributed by atoms with Crippen LogP contribution in [-0.4, -0.2) is 36.7 Å². The number of fused-ring (bicyclic) bond motifs is 1. The first kappa shape index (κ1) is 20.5. The van der Waals surface area contributed by atoms with Gasteiger partial charge in [0.2, 0.25) is 5.91 Å². The molecule has 11 heteroatoms. The number of imidazole rings is 1. The van der Waals surface area contributed by atoms with E-state index in [1.807, 2.05) is 17.5 Å². The number of nitrogens with zero attached hydrogens (tertiary/aromatic N) is 6. The number of hydrogen-bond acceptors (Lipinski definition) is 7. The molecule has 0 saturated heterocycles. The fourth-order valence-corrected chi connectivity index (χ4v) is 4.26.